The lowest BCUT2D eigenvalue weighted by atomic mass is 10.2. The third kappa shape index (κ3) is 7.65. The first-order chi connectivity index (χ1) is 12.9. The van der Waals surface area contributed by atoms with Crippen molar-refractivity contribution < 1.29 is 28.2 Å². The van der Waals surface area contributed by atoms with Crippen LogP contribution in [0.25, 0.3) is 0 Å². The molecule has 144 valence electrons. The summed E-state index contributed by atoms with van der Waals surface area (Å²) in [7, 11) is 0. The number of benzene rings is 2. The molecule has 0 aliphatic carbocycles. The number of halogens is 2. The van der Waals surface area contributed by atoms with E-state index in [-0.39, 0.29) is 12.3 Å². The minimum atomic E-state index is -2.49. The first-order valence-electron chi connectivity index (χ1n) is 8.20. The number of thioether (sulfide) groups is 1. The maximum absolute atomic E-state index is 12.3. The number of carboxylic acid groups (broad SMARTS) is 1. The van der Waals surface area contributed by atoms with Crippen LogP contribution in [0.1, 0.15) is 28.8 Å². The zero-order chi connectivity index (χ0) is 19.6. The third-order valence-corrected chi connectivity index (χ3v) is 4.24. The molecule has 0 fully saturated rings. The van der Waals surface area contributed by atoms with Crippen molar-refractivity contribution in [2.45, 2.75) is 30.0 Å². The fraction of sp³-hybridized carbons (Fsp3) is 0.263. The number of aliphatic carboxylic acids is 1. The van der Waals surface area contributed by atoms with Crippen molar-refractivity contribution in [1.29, 1.82) is 0 Å². The highest BCUT2D eigenvalue weighted by molar-refractivity contribution is 7.99. The van der Waals surface area contributed by atoms with Gasteiger partial charge in [-0.15, -0.1) is 0 Å². The number of amides is 1. The van der Waals surface area contributed by atoms with E-state index in [1.54, 1.807) is 24.3 Å². The molecule has 0 unspecified atom stereocenters. The molecule has 2 aromatic rings. The van der Waals surface area contributed by atoms with Crippen molar-refractivity contribution in [3.8, 4) is 5.75 Å². The zero-order valence-electron chi connectivity index (χ0n) is 14.4. The van der Waals surface area contributed by atoms with E-state index in [0.29, 0.717) is 47.5 Å². The topological polar surface area (TPSA) is 75.6 Å². The molecule has 0 aromatic heterocycles. The second-order valence-electron chi connectivity index (χ2n) is 5.58. The molecule has 27 heavy (non-hydrogen) atoms. The summed E-state index contributed by atoms with van der Waals surface area (Å²) >= 11 is 0.433. The maximum Gasteiger partial charge on any atom is 0.303 e. The van der Waals surface area contributed by atoms with Crippen LogP contribution in [-0.4, -0.2) is 29.3 Å². The maximum atomic E-state index is 12.3. The van der Waals surface area contributed by atoms with Gasteiger partial charge in [-0.25, -0.2) is 0 Å². The molecule has 0 radical (unpaired) electrons. The minimum Gasteiger partial charge on any atom is -0.494 e. The summed E-state index contributed by atoms with van der Waals surface area (Å²) < 4.78 is 30.0. The van der Waals surface area contributed by atoms with Gasteiger partial charge in [0, 0.05) is 23.4 Å². The summed E-state index contributed by atoms with van der Waals surface area (Å²) in [6, 6.07) is 13.1. The van der Waals surface area contributed by atoms with E-state index in [4.69, 9.17) is 9.84 Å². The second kappa shape index (κ2) is 10.5. The molecule has 8 heteroatoms. The smallest absolute Gasteiger partial charge is 0.303 e. The van der Waals surface area contributed by atoms with Crippen molar-refractivity contribution in [1.82, 2.24) is 5.32 Å². The number of carbonyl (C=O) groups is 2. The molecular formula is C19H19F2NO4S. The van der Waals surface area contributed by atoms with Gasteiger partial charge in [0.25, 0.3) is 11.7 Å². The highest BCUT2D eigenvalue weighted by Crippen LogP contribution is 2.25. The van der Waals surface area contributed by atoms with E-state index in [2.05, 4.69) is 5.32 Å². The van der Waals surface area contributed by atoms with Crippen LogP contribution in [0.3, 0.4) is 0 Å². The van der Waals surface area contributed by atoms with Crippen LogP contribution in [0, 0.1) is 0 Å². The molecule has 0 spiro atoms. The van der Waals surface area contributed by atoms with Crippen molar-refractivity contribution in [2.75, 3.05) is 6.61 Å². The van der Waals surface area contributed by atoms with Gasteiger partial charge in [0.1, 0.15) is 5.75 Å². The Morgan fingerprint density at radius 1 is 1.07 bits per heavy atom. The fourth-order valence-corrected chi connectivity index (χ4v) is 2.69. The van der Waals surface area contributed by atoms with E-state index < -0.39 is 11.7 Å². The quantitative estimate of drug-likeness (QED) is 0.466. The van der Waals surface area contributed by atoms with Crippen molar-refractivity contribution >= 4 is 23.6 Å². The van der Waals surface area contributed by atoms with E-state index in [9.17, 15) is 18.4 Å². The van der Waals surface area contributed by atoms with Crippen LogP contribution >= 0.6 is 11.8 Å². The Balaban J connectivity index is 1.78. The molecule has 0 heterocycles. The SMILES string of the molecule is O=C(O)CCCOc1ccc(CNC(=O)c2ccc(SC(F)F)cc2)cc1. The lowest BCUT2D eigenvalue weighted by Gasteiger charge is -2.08. The van der Waals surface area contributed by atoms with E-state index in [0.717, 1.165) is 5.56 Å². The molecule has 0 saturated carbocycles. The Hall–Kier alpha value is -2.61. The standard InChI is InChI=1S/C19H19F2NO4S/c20-19(21)27-16-9-5-14(6-10-16)18(25)22-12-13-3-7-15(8-4-13)26-11-1-2-17(23)24/h3-10,19H,1-2,11-12H2,(H,22,25)(H,23,24). The van der Waals surface area contributed by atoms with Gasteiger partial charge < -0.3 is 15.2 Å². The third-order valence-electron chi connectivity index (χ3n) is 3.52. The highest BCUT2D eigenvalue weighted by Gasteiger charge is 2.08. The molecule has 0 aliphatic rings. The molecule has 0 saturated heterocycles. The van der Waals surface area contributed by atoms with Crippen molar-refractivity contribution in [3.63, 3.8) is 0 Å². The molecule has 2 rings (SSSR count). The van der Waals surface area contributed by atoms with Gasteiger partial charge in [-0.2, -0.15) is 8.78 Å². The lowest BCUT2D eigenvalue weighted by Crippen LogP contribution is -2.22. The predicted octanol–water partition coefficient (Wildman–Crippen LogP) is 4.17. The Morgan fingerprint density at radius 3 is 2.33 bits per heavy atom. The van der Waals surface area contributed by atoms with Gasteiger partial charge in [0.15, 0.2) is 0 Å². The van der Waals surface area contributed by atoms with E-state index in [1.165, 1.54) is 24.3 Å². The summed E-state index contributed by atoms with van der Waals surface area (Å²) in [6.07, 6.45) is 0.494. The number of nitrogens with one attached hydrogen (secondary N) is 1. The van der Waals surface area contributed by atoms with Crippen LogP contribution in [0.2, 0.25) is 0 Å². The Labute approximate surface area is 159 Å². The van der Waals surface area contributed by atoms with Crippen molar-refractivity contribution in [2.24, 2.45) is 0 Å². The fourth-order valence-electron chi connectivity index (χ4n) is 2.19. The molecule has 0 aliphatic heterocycles. The number of hydrogen-bond acceptors (Lipinski definition) is 4. The van der Waals surface area contributed by atoms with Gasteiger partial charge in [0.2, 0.25) is 0 Å². The van der Waals surface area contributed by atoms with E-state index >= 15 is 0 Å². The van der Waals surface area contributed by atoms with Gasteiger partial charge in [-0.05, 0) is 48.4 Å². The summed E-state index contributed by atoms with van der Waals surface area (Å²) in [4.78, 5) is 22.9. The molecule has 1 amide bonds. The number of ether oxygens (including phenoxy) is 1. The first-order valence-corrected chi connectivity index (χ1v) is 9.08. The highest BCUT2D eigenvalue weighted by atomic mass is 32.2. The Kier molecular flexibility index (Phi) is 8.06. The van der Waals surface area contributed by atoms with Crippen LogP contribution in [0.4, 0.5) is 8.78 Å². The summed E-state index contributed by atoms with van der Waals surface area (Å²) in [5.41, 5.74) is 1.26. The number of alkyl halides is 2. The average molecular weight is 395 g/mol. The molecule has 2 N–H and O–H groups in total. The summed E-state index contributed by atoms with van der Waals surface area (Å²) in [6.45, 7) is 0.633. The van der Waals surface area contributed by atoms with E-state index in [1.807, 2.05) is 0 Å². The number of carbonyl (C=O) groups excluding carboxylic acids is 1. The number of rotatable bonds is 10. The van der Waals surface area contributed by atoms with Crippen LogP contribution in [0.5, 0.6) is 5.75 Å². The monoisotopic (exact) mass is 395 g/mol. The Bertz CT molecular complexity index is 751. The van der Waals surface area contributed by atoms with Gasteiger partial charge in [0.05, 0.1) is 6.61 Å². The predicted molar refractivity (Wildman–Crippen MR) is 98.3 cm³/mol. The van der Waals surface area contributed by atoms with Crippen LogP contribution < -0.4 is 10.1 Å². The first kappa shape index (κ1) is 20.7. The summed E-state index contributed by atoms with van der Waals surface area (Å²) in [5.74, 6) is -3.01. The second-order valence-corrected chi connectivity index (χ2v) is 6.64. The van der Waals surface area contributed by atoms with Crippen molar-refractivity contribution in [3.05, 3.63) is 59.7 Å². The molecule has 2 aromatic carbocycles. The van der Waals surface area contributed by atoms with Crippen LogP contribution in [0.15, 0.2) is 53.4 Å². The number of carboxylic acids is 1. The molecule has 5 nitrogen and oxygen atoms in total. The molecule has 0 atom stereocenters. The normalized spacial score (nSPS) is 10.6. The Morgan fingerprint density at radius 2 is 1.74 bits per heavy atom. The zero-order valence-corrected chi connectivity index (χ0v) is 15.2. The number of hydrogen-bond donors (Lipinski definition) is 2. The average Bonchev–Trinajstić information content (AvgIpc) is 2.64. The molecule has 0 bridgehead atoms. The minimum absolute atomic E-state index is 0.0614. The largest absolute Gasteiger partial charge is 0.494 e. The van der Waals surface area contributed by atoms with Gasteiger partial charge in [-0.3, -0.25) is 9.59 Å². The lowest BCUT2D eigenvalue weighted by molar-refractivity contribution is -0.137. The van der Waals surface area contributed by atoms with Gasteiger partial charge in [-0.1, -0.05) is 23.9 Å². The summed E-state index contributed by atoms with van der Waals surface area (Å²) in [5, 5.41) is 11.3. The van der Waals surface area contributed by atoms with Crippen LogP contribution in [-0.2, 0) is 11.3 Å². The van der Waals surface area contributed by atoms with Gasteiger partial charge >= 0.3 is 5.97 Å². The molecular weight excluding hydrogens is 376 g/mol.